The molecule has 14 rings (SSSR count). The van der Waals surface area contributed by atoms with Crippen LogP contribution >= 0.6 is 12.7 Å². The van der Waals surface area contributed by atoms with Crippen LogP contribution in [0, 0.1) is 0 Å². The molecule has 1 N–H and O–H groups in total. The molecule has 9 aliphatic rings. The minimum absolute atomic E-state index is 0.202. The fraction of sp³-hybridized carbons (Fsp3) is 0. The molecule has 0 amide bonds. The molecule has 9 aliphatic heterocycles. The van der Waals surface area contributed by atoms with Crippen LogP contribution in [-0.2, 0) is 0 Å². The van der Waals surface area contributed by atoms with Gasteiger partial charge in [0.2, 0.25) is 0 Å². The maximum absolute atomic E-state index is 6.59. The third kappa shape index (κ3) is 1.49. The first-order valence-corrected chi connectivity index (χ1v) is 19.0. The molecule has 1 spiro atoms. The number of rotatable bonds is 3. The summed E-state index contributed by atoms with van der Waals surface area (Å²) in [5.74, 6) is 2.01. The number of nitrogens with one attached hydrogen (secondary N) is 1. The first-order valence-electron chi connectivity index (χ1n) is 14.1. The Morgan fingerprint density at radius 1 is 0.842 bits per heavy atom. The zero-order valence-electron chi connectivity index (χ0n) is 20.5. The van der Waals surface area contributed by atoms with Crippen LogP contribution in [0.3, 0.4) is 0 Å². The fourth-order valence-corrected chi connectivity index (χ4v) is 29.7. The van der Waals surface area contributed by atoms with E-state index in [4.69, 9.17) is 4.74 Å². The molecule has 3 nitrogen and oxygen atoms in total. The molecule has 14 heteroatoms. The first kappa shape index (κ1) is 19.0. The summed E-state index contributed by atoms with van der Waals surface area (Å²) in [6, 6.07) is 29.7. The number of para-hydroxylation sites is 2. The van der Waals surface area contributed by atoms with Gasteiger partial charge in [-0.05, 0) is 0 Å². The summed E-state index contributed by atoms with van der Waals surface area (Å²) in [7, 11) is 2.70. The van der Waals surface area contributed by atoms with Gasteiger partial charge in [-0.25, -0.2) is 0 Å². The molecule has 0 unspecified atom stereocenters. The van der Waals surface area contributed by atoms with Crippen molar-refractivity contribution in [1.82, 2.24) is 9.42 Å². The molecule has 165 valence electrons. The van der Waals surface area contributed by atoms with Gasteiger partial charge in [0.1, 0.15) is 0 Å². The molecular formula is C24H14B9N2OP2-2. The predicted molar refractivity (Wildman–Crippen MR) is 175 cm³/mol. The first-order chi connectivity index (χ1) is 18.7. The Hall–Kier alpha value is -2.12. The van der Waals surface area contributed by atoms with Gasteiger partial charge in [0, 0.05) is 0 Å². The molecule has 0 atom stereocenters. The van der Waals surface area contributed by atoms with E-state index in [-0.39, 0.29) is 6.71 Å². The summed E-state index contributed by atoms with van der Waals surface area (Å²) in [5, 5.41) is 4.67. The van der Waals surface area contributed by atoms with Gasteiger partial charge in [-0.1, -0.05) is 0 Å². The van der Waals surface area contributed by atoms with Crippen molar-refractivity contribution in [2.75, 3.05) is 0 Å². The van der Waals surface area contributed by atoms with Gasteiger partial charge in [-0.3, -0.25) is 0 Å². The molecule has 1 aromatic heterocycles. The molecule has 2 bridgehead atoms. The van der Waals surface area contributed by atoms with Crippen LogP contribution in [0.15, 0.2) is 78.9 Å². The normalized spacial score (nSPS) is 27.1. The van der Waals surface area contributed by atoms with Gasteiger partial charge in [0.05, 0.1) is 0 Å². The zero-order chi connectivity index (χ0) is 24.0. The van der Waals surface area contributed by atoms with E-state index in [0.717, 1.165) is 42.6 Å². The topological polar surface area (TPSA) is 26.2 Å². The maximum atomic E-state index is 6.59. The molecule has 7 saturated heterocycles. The number of hydrogen-bond acceptors (Lipinski definition) is 2. The number of hydrogen-bond donors (Lipinski definition) is 1. The van der Waals surface area contributed by atoms with E-state index in [0.29, 0.717) is 0 Å². The molecule has 10 heterocycles. The summed E-state index contributed by atoms with van der Waals surface area (Å²) in [6.45, 7) is 5.69. The van der Waals surface area contributed by atoms with Crippen LogP contribution in [-0.4, -0.2) is 63.2 Å². The van der Waals surface area contributed by atoms with Gasteiger partial charge in [-0.2, -0.15) is 0 Å². The van der Waals surface area contributed by atoms with E-state index < -0.39 is 12.7 Å². The molecule has 0 saturated carbocycles. The Kier molecular flexibility index (Phi) is 2.48. The molecule has 38 heavy (non-hydrogen) atoms. The second kappa shape index (κ2) is 4.96. The molecular weight excluding hydrogens is 492 g/mol. The van der Waals surface area contributed by atoms with E-state index in [9.17, 15) is 0 Å². The fourth-order valence-electron chi connectivity index (χ4n) is 10.2. The van der Waals surface area contributed by atoms with E-state index >= 15 is 0 Å². The Morgan fingerprint density at radius 2 is 1.66 bits per heavy atom. The summed E-state index contributed by atoms with van der Waals surface area (Å²) < 4.78 is 9.18. The van der Waals surface area contributed by atoms with Crippen molar-refractivity contribution >= 4 is 115 Å². The van der Waals surface area contributed by atoms with Crippen molar-refractivity contribution in [3.8, 4) is 17.2 Å². The Bertz CT molecular complexity index is 2120. The average molecular weight is 506 g/mol. The number of benzene rings is 4. The van der Waals surface area contributed by atoms with Gasteiger partial charge < -0.3 is 0 Å². The molecule has 4 aromatic carbocycles. The number of nitrogens with zero attached hydrogens (tertiary/aromatic N) is 1. The van der Waals surface area contributed by atoms with Crippen LogP contribution in [0.2, 0.25) is 0 Å². The van der Waals surface area contributed by atoms with E-state index in [2.05, 4.69) is 109 Å². The van der Waals surface area contributed by atoms with Crippen molar-refractivity contribution in [3.05, 3.63) is 78.9 Å². The van der Waals surface area contributed by atoms with Gasteiger partial charge in [-0.15, -0.1) is 0 Å². The van der Waals surface area contributed by atoms with Gasteiger partial charge in [0.25, 0.3) is 0 Å². The number of ether oxygens (including phenoxy) is 1. The van der Waals surface area contributed by atoms with Gasteiger partial charge in [0.15, 0.2) is 0 Å². The second-order valence-corrected chi connectivity index (χ2v) is 23.6. The van der Waals surface area contributed by atoms with Crippen LogP contribution in [0.5, 0.6) is 11.5 Å². The Balaban J connectivity index is 1.18. The van der Waals surface area contributed by atoms with Crippen molar-refractivity contribution in [2.45, 2.75) is 0 Å². The third-order valence-electron chi connectivity index (χ3n) is 12.4. The van der Waals surface area contributed by atoms with Crippen molar-refractivity contribution in [3.63, 3.8) is 0 Å². The average Bonchev–Trinajstić information content (AvgIpc) is 3.89. The van der Waals surface area contributed by atoms with E-state index in [1.165, 1.54) is 43.9 Å². The third-order valence-corrected chi connectivity index (χ3v) is 26.8. The number of aromatic nitrogens is 1. The molecule has 5 radical (unpaired) electrons. The molecule has 0 aliphatic carbocycles. The van der Waals surface area contributed by atoms with Crippen molar-refractivity contribution in [1.29, 1.82) is 0 Å². The summed E-state index contributed by atoms with van der Waals surface area (Å²) in [6.07, 6.45) is 0.942. The zero-order valence-corrected chi connectivity index (χ0v) is 22.2. The second-order valence-electron chi connectivity index (χ2n) is 13.3. The quantitative estimate of drug-likeness (QED) is 0.287. The standard InChI is InChI=1S/C24H14B9N2OP2/c1-3-8-17-15(6-1)28-16-7-2-4-10-19(16)36-20-13-12-14-22-18(35(17)24(14)23(20)28)9-5-11-21(22)37(29-25-30(37)33(29)37)34-38-26-31(38)32(38)27-38/h1-13,34H/q-2. The SMILES string of the molecule is [B]1B2B3[B-]P123NP12(c3cccc4c3c3ccc5c6c3n4-c3ccccc3B6c3ccccc3O5)B3[B-]B1B32. The summed E-state index contributed by atoms with van der Waals surface area (Å²) in [5.41, 5.74) is 8.09. The minimum atomic E-state index is -2.04. The van der Waals surface area contributed by atoms with Crippen LogP contribution in [0.25, 0.3) is 27.5 Å². The van der Waals surface area contributed by atoms with Crippen molar-refractivity contribution < 1.29 is 4.74 Å². The molecule has 7 fully saturated rings. The molecule has 5 aromatic rings. The van der Waals surface area contributed by atoms with Crippen LogP contribution < -0.4 is 31.3 Å². The number of fused-ring (bicyclic) bond motifs is 9. The Morgan fingerprint density at radius 3 is 2.42 bits per heavy atom. The Labute approximate surface area is 224 Å². The summed E-state index contributed by atoms with van der Waals surface area (Å²) >= 11 is 0. The van der Waals surface area contributed by atoms with Crippen LogP contribution in [0.1, 0.15) is 0 Å². The summed E-state index contributed by atoms with van der Waals surface area (Å²) in [4.78, 5) is 4.68. The van der Waals surface area contributed by atoms with E-state index in [1.54, 1.807) is 5.30 Å². The van der Waals surface area contributed by atoms with Crippen LogP contribution in [0.4, 0.5) is 0 Å². The van der Waals surface area contributed by atoms with E-state index in [1.807, 2.05) is 0 Å². The monoisotopic (exact) mass is 507 g/mol. The van der Waals surface area contributed by atoms with Crippen molar-refractivity contribution in [2.24, 2.45) is 0 Å². The predicted octanol–water partition coefficient (Wildman–Crippen LogP) is 1.07. The van der Waals surface area contributed by atoms with Gasteiger partial charge >= 0.3 is 225 Å².